The van der Waals surface area contributed by atoms with Gasteiger partial charge in [-0.2, -0.15) is 0 Å². The van der Waals surface area contributed by atoms with Gasteiger partial charge in [0.25, 0.3) is 0 Å². The molecular weight excluding hydrogens is 346 g/mol. The predicted molar refractivity (Wildman–Crippen MR) is 99.3 cm³/mol. The van der Waals surface area contributed by atoms with Crippen LogP contribution in [0.4, 0.5) is 5.69 Å². The molecule has 1 aliphatic heterocycles. The van der Waals surface area contributed by atoms with Crippen molar-refractivity contribution in [3.8, 4) is 0 Å². The molecule has 2 atom stereocenters. The smallest absolute Gasteiger partial charge is 0.244 e. The molecule has 7 heteroatoms. The Labute approximate surface area is 158 Å². The quantitative estimate of drug-likeness (QED) is 0.630. The number of anilines is 1. The zero-order valence-electron chi connectivity index (χ0n) is 15.5. The summed E-state index contributed by atoms with van der Waals surface area (Å²) in [6.07, 6.45) is 4.93. The molecule has 1 aliphatic carbocycles. The van der Waals surface area contributed by atoms with E-state index in [0.717, 1.165) is 10.5 Å². The van der Waals surface area contributed by atoms with Crippen molar-refractivity contribution in [2.75, 3.05) is 18.9 Å². The summed E-state index contributed by atoms with van der Waals surface area (Å²) in [7, 11) is 1.68. The lowest BCUT2D eigenvalue weighted by Crippen LogP contribution is -2.38. The van der Waals surface area contributed by atoms with Crippen LogP contribution in [0.15, 0.2) is 36.4 Å². The average molecular weight is 369 g/mol. The van der Waals surface area contributed by atoms with Gasteiger partial charge in [-0.15, -0.1) is 0 Å². The summed E-state index contributed by atoms with van der Waals surface area (Å²) < 4.78 is 0. The summed E-state index contributed by atoms with van der Waals surface area (Å²) >= 11 is 0. The van der Waals surface area contributed by atoms with Gasteiger partial charge in [-0.3, -0.25) is 24.1 Å². The zero-order chi connectivity index (χ0) is 19.6. The number of carbonyl (C=O) groups excluding carboxylic acids is 4. The molecule has 2 aliphatic rings. The van der Waals surface area contributed by atoms with Crippen LogP contribution in [0.25, 0.3) is 0 Å². The van der Waals surface area contributed by atoms with E-state index in [0.29, 0.717) is 25.1 Å². The van der Waals surface area contributed by atoms with Gasteiger partial charge in [0, 0.05) is 26.2 Å². The number of carbonyl (C=O) groups is 4. The molecule has 0 saturated carbocycles. The second-order valence-electron chi connectivity index (χ2n) is 7.00. The maximum Gasteiger partial charge on any atom is 0.244 e. The highest BCUT2D eigenvalue weighted by atomic mass is 16.2. The fourth-order valence-electron chi connectivity index (χ4n) is 3.51. The first kappa shape index (κ1) is 18.8. The molecule has 1 fully saturated rings. The molecule has 4 amide bonds. The average Bonchev–Trinajstić information content (AvgIpc) is 2.88. The van der Waals surface area contributed by atoms with Crippen LogP contribution in [-0.2, 0) is 25.7 Å². The number of hydrogen-bond donors (Lipinski definition) is 1. The van der Waals surface area contributed by atoms with Gasteiger partial charge in [0.05, 0.1) is 11.8 Å². The SMILES string of the molecule is CC(=O)N(C)Cc1ccccc1NC(=O)CN1C(=O)C2CC=CCC2C1=O. The largest absolute Gasteiger partial charge is 0.342 e. The third kappa shape index (κ3) is 3.92. The molecule has 1 aromatic rings. The number of fused-ring (bicyclic) bond motifs is 1. The predicted octanol–water partition coefficient (Wildman–Crippen LogP) is 1.55. The number of amides is 4. The second-order valence-corrected chi connectivity index (χ2v) is 7.00. The normalized spacial score (nSPS) is 21.2. The molecule has 2 unspecified atom stereocenters. The number of nitrogens with one attached hydrogen (secondary N) is 1. The maximum atomic E-state index is 12.5. The minimum Gasteiger partial charge on any atom is -0.342 e. The third-order valence-electron chi connectivity index (χ3n) is 5.14. The summed E-state index contributed by atoms with van der Waals surface area (Å²) in [6.45, 7) is 1.53. The molecular formula is C20H23N3O4. The highest BCUT2D eigenvalue weighted by Crippen LogP contribution is 2.34. The minimum absolute atomic E-state index is 0.0828. The van der Waals surface area contributed by atoms with E-state index in [1.165, 1.54) is 11.8 Å². The fraction of sp³-hybridized carbons (Fsp3) is 0.400. The molecule has 0 spiro atoms. The molecule has 1 heterocycles. The van der Waals surface area contributed by atoms with E-state index >= 15 is 0 Å². The molecule has 1 saturated heterocycles. The van der Waals surface area contributed by atoms with Gasteiger partial charge in [0.2, 0.25) is 23.6 Å². The van der Waals surface area contributed by atoms with Crippen molar-refractivity contribution in [3.05, 3.63) is 42.0 Å². The van der Waals surface area contributed by atoms with Gasteiger partial charge >= 0.3 is 0 Å². The van der Waals surface area contributed by atoms with Crippen molar-refractivity contribution in [1.82, 2.24) is 9.80 Å². The lowest BCUT2D eigenvalue weighted by Gasteiger charge is -2.19. The molecule has 3 rings (SSSR count). The van der Waals surface area contributed by atoms with E-state index in [2.05, 4.69) is 5.32 Å². The Morgan fingerprint density at radius 3 is 2.30 bits per heavy atom. The van der Waals surface area contributed by atoms with Gasteiger partial charge in [-0.05, 0) is 24.5 Å². The van der Waals surface area contributed by atoms with Crippen molar-refractivity contribution >= 4 is 29.3 Å². The highest BCUT2D eigenvalue weighted by molar-refractivity contribution is 6.08. The summed E-state index contributed by atoms with van der Waals surface area (Å²) in [5, 5.41) is 2.77. The molecule has 1 aromatic carbocycles. The highest BCUT2D eigenvalue weighted by Gasteiger charge is 2.47. The monoisotopic (exact) mass is 369 g/mol. The number of nitrogens with zero attached hydrogens (tertiary/aromatic N) is 2. The summed E-state index contributed by atoms with van der Waals surface area (Å²) in [5.74, 6) is -1.73. The van der Waals surface area contributed by atoms with Gasteiger partial charge in [0.15, 0.2) is 0 Å². The Hall–Kier alpha value is -2.96. The Balaban J connectivity index is 1.67. The maximum absolute atomic E-state index is 12.5. The first-order chi connectivity index (χ1) is 12.9. The Bertz CT molecular complexity index is 791. The number of hydrogen-bond acceptors (Lipinski definition) is 4. The minimum atomic E-state index is -0.429. The molecule has 142 valence electrons. The summed E-state index contributed by atoms with van der Waals surface area (Å²) in [6, 6.07) is 7.16. The van der Waals surface area contributed by atoms with Crippen LogP contribution in [0.2, 0.25) is 0 Å². The van der Waals surface area contributed by atoms with Crippen LogP contribution >= 0.6 is 0 Å². The number of allylic oxidation sites excluding steroid dienone is 2. The lowest BCUT2D eigenvalue weighted by molar-refractivity contribution is -0.142. The van der Waals surface area contributed by atoms with Gasteiger partial charge in [-0.1, -0.05) is 30.4 Å². The molecule has 0 radical (unpaired) electrons. The van der Waals surface area contributed by atoms with E-state index in [4.69, 9.17) is 0 Å². The standard InChI is InChI=1S/C20H23N3O4/c1-13(24)22(2)11-14-7-3-6-10-17(14)21-18(25)12-23-19(26)15-8-4-5-9-16(15)20(23)27/h3-7,10,15-16H,8-9,11-12H2,1-2H3,(H,21,25). The number of benzene rings is 1. The van der Waals surface area contributed by atoms with Crippen LogP contribution < -0.4 is 5.32 Å². The Morgan fingerprint density at radius 2 is 1.70 bits per heavy atom. The van der Waals surface area contributed by atoms with Crippen LogP contribution in [0.3, 0.4) is 0 Å². The summed E-state index contributed by atoms with van der Waals surface area (Å²) in [5.41, 5.74) is 1.34. The molecule has 0 aromatic heterocycles. The second kappa shape index (κ2) is 7.73. The van der Waals surface area contributed by atoms with E-state index in [9.17, 15) is 19.2 Å². The zero-order valence-corrected chi connectivity index (χ0v) is 15.5. The van der Waals surface area contributed by atoms with E-state index in [1.54, 1.807) is 19.2 Å². The van der Waals surface area contributed by atoms with Crippen LogP contribution in [0.5, 0.6) is 0 Å². The van der Waals surface area contributed by atoms with Crippen molar-refractivity contribution in [3.63, 3.8) is 0 Å². The van der Waals surface area contributed by atoms with Crippen molar-refractivity contribution in [2.45, 2.75) is 26.3 Å². The van der Waals surface area contributed by atoms with Crippen LogP contribution in [0, 0.1) is 11.8 Å². The summed E-state index contributed by atoms with van der Waals surface area (Å²) in [4.78, 5) is 51.5. The Kier molecular flexibility index (Phi) is 5.39. The fourth-order valence-corrected chi connectivity index (χ4v) is 3.51. The number of imide groups is 1. The van der Waals surface area contributed by atoms with E-state index in [1.807, 2.05) is 24.3 Å². The van der Waals surface area contributed by atoms with E-state index in [-0.39, 0.29) is 36.1 Å². The number of rotatable bonds is 5. The first-order valence-corrected chi connectivity index (χ1v) is 8.98. The van der Waals surface area contributed by atoms with Gasteiger partial charge in [0.1, 0.15) is 6.54 Å². The lowest BCUT2D eigenvalue weighted by atomic mass is 9.85. The van der Waals surface area contributed by atoms with Crippen molar-refractivity contribution < 1.29 is 19.2 Å². The molecule has 0 bridgehead atoms. The van der Waals surface area contributed by atoms with E-state index < -0.39 is 5.91 Å². The molecule has 1 N–H and O–H groups in total. The van der Waals surface area contributed by atoms with Gasteiger partial charge < -0.3 is 10.2 Å². The molecule has 27 heavy (non-hydrogen) atoms. The number of likely N-dealkylation sites (tertiary alicyclic amines) is 1. The first-order valence-electron chi connectivity index (χ1n) is 8.98. The van der Waals surface area contributed by atoms with Crippen LogP contribution in [0.1, 0.15) is 25.3 Å². The number of para-hydroxylation sites is 1. The van der Waals surface area contributed by atoms with Crippen molar-refractivity contribution in [1.29, 1.82) is 0 Å². The van der Waals surface area contributed by atoms with Crippen LogP contribution in [-0.4, -0.2) is 47.0 Å². The topological polar surface area (TPSA) is 86.8 Å². The molecule has 7 nitrogen and oxygen atoms in total. The van der Waals surface area contributed by atoms with Crippen molar-refractivity contribution in [2.24, 2.45) is 11.8 Å². The Morgan fingerprint density at radius 1 is 1.11 bits per heavy atom. The third-order valence-corrected chi connectivity index (χ3v) is 5.14. The van der Waals surface area contributed by atoms with Gasteiger partial charge in [-0.25, -0.2) is 0 Å².